The zero-order valence-electron chi connectivity index (χ0n) is 9.60. The summed E-state index contributed by atoms with van der Waals surface area (Å²) in [5.41, 5.74) is 1.09. The van der Waals surface area contributed by atoms with Gasteiger partial charge in [-0.25, -0.2) is 4.39 Å². The quantitative estimate of drug-likeness (QED) is 0.833. The predicted octanol–water partition coefficient (Wildman–Crippen LogP) is 2.41. The summed E-state index contributed by atoms with van der Waals surface area (Å²) >= 11 is 0. The van der Waals surface area contributed by atoms with Crippen LogP contribution in [0.1, 0.15) is 25.0 Å². The molecule has 15 heavy (non-hydrogen) atoms. The number of hydrogen-bond acceptors (Lipinski definition) is 2. The Morgan fingerprint density at radius 3 is 2.40 bits per heavy atom. The molecular formula is C12H17FO2. The summed E-state index contributed by atoms with van der Waals surface area (Å²) in [6, 6.07) is 3.26. The van der Waals surface area contributed by atoms with Crippen molar-refractivity contribution in [2.75, 3.05) is 13.7 Å². The van der Waals surface area contributed by atoms with Crippen molar-refractivity contribution in [1.82, 2.24) is 0 Å². The van der Waals surface area contributed by atoms with Crippen molar-refractivity contribution >= 4 is 0 Å². The molecule has 2 nitrogen and oxygen atoms in total. The van der Waals surface area contributed by atoms with Crippen LogP contribution >= 0.6 is 0 Å². The molecule has 0 aliphatic rings. The fraction of sp³-hybridized carbons (Fsp3) is 0.500. The zero-order valence-corrected chi connectivity index (χ0v) is 9.60. The van der Waals surface area contributed by atoms with Gasteiger partial charge in [0.05, 0.1) is 13.7 Å². The van der Waals surface area contributed by atoms with Crippen molar-refractivity contribution in [3.8, 4) is 5.75 Å². The molecule has 0 saturated heterocycles. The lowest BCUT2D eigenvalue weighted by Gasteiger charge is -2.23. The van der Waals surface area contributed by atoms with E-state index in [0.717, 1.165) is 11.1 Å². The first-order valence-corrected chi connectivity index (χ1v) is 4.88. The summed E-state index contributed by atoms with van der Waals surface area (Å²) < 4.78 is 18.5. The molecule has 0 heterocycles. The van der Waals surface area contributed by atoms with Gasteiger partial charge in [-0.05, 0) is 24.1 Å². The van der Waals surface area contributed by atoms with Gasteiger partial charge in [0.15, 0.2) is 11.6 Å². The fourth-order valence-electron chi connectivity index (χ4n) is 1.47. The van der Waals surface area contributed by atoms with Gasteiger partial charge in [-0.15, -0.1) is 0 Å². The van der Waals surface area contributed by atoms with E-state index in [1.807, 2.05) is 19.9 Å². The van der Waals surface area contributed by atoms with Crippen molar-refractivity contribution < 1.29 is 14.2 Å². The second kappa shape index (κ2) is 4.19. The Hall–Kier alpha value is -1.09. The standard InChI is InChI=1S/C12H17FO2/c1-8-5-9(12(2,3)7-14)6-10(13)11(8)15-4/h5-6,14H,7H2,1-4H3. The van der Waals surface area contributed by atoms with Crippen LogP contribution < -0.4 is 4.74 Å². The van der Waals surface area contributed by atoms with Crippen LogP contribution in [0.2, 0.25) is 0 Å². The zero-order chi connectivity index (χ0) is 11.6. The van der Waals surface area contributed by atoms with E-state index in [2.05, 4.69) is 0 Å². The van der Waals surface area contributed by atoms with Crippen LogP contribution in [0.15, 0.2) is 12.1 Å². The minimum absolute atomic E-state index is 0.0157. The van der Waals surface area contributed by atoms with Crippen LogP contribution in [0.5, 0.6) is 5.75 Å². The number of aliphatic hydroxyl groups excluding tert-OH is 1. The monoisotopic (exact) mass is 212 g/mol. The molecule has 0 aliphatic heterocycles. The van der Waals surface area contributed by atoms with Gasteiger partial charge in [-0.3, -0.25) is 0 Å². The second-order valence-corrected chi connectivity index (χ2v) is 4.35. The van der Waals surface area contributed by atoms with Gasteiger partial charge in [0.25, 0.3) is 0 Å². The molecule has 0 saturated carbocycles. The van der Waals surface area contributed by atoms with Gasteiger partial charge in [0.2, 0.25) is 0 Å². The second-order valence-electron chi connectivity index (χ2n) is 4.35. The molecule has 1 rings (SSSR count). The van der Waals surface area contributed by atoms with Gasteiger partial charge in [0.1, 0.15) is 0 Å². The number of hydrogen-bond donors (Lipinski definition) is 1. The summed E-state index contributed by atoms with van der Waals surface area (Å²) in [5, 5.41) is 9.20. The van der Waals surface area contributed by atoms with Gasteiger partial charge in [0, 0.05) is 5.41 Å². The fourth-order valence-corrected chi connectivity index (χ4v) is 1.47. The maximum absolute atomic E-state index is 13.6. The largest absolute Gasteiger partial charge is 0.493 e. The Kier molecular flexibility index (Phi) is 3.35. The molecule has 0 unspecified atom stereocenters. The van der Waals surface area contributed by atoms with Crippen molar-refractivity contribution in [2.45, 2.75) is 26.2 Å². The van der Waals surface area contributed by atoms with Crippen LogP contribution in [-0.4, -0.2) is 18.8 Å². The number of benzene rings is 1. The summed E-state index contributed by atoms with van der Waals surface area (Å²) in [6.07, 6.45) is 0. The minimum atomic E-state index is -0.433. The predicted molar refractivity (Wildman–Crippen MR) is 57.8 cm³/mol. The third-order valence-electron chi connectivity index (χ3n) is 2.61. The van der Waals surface area contributed by atoms with E-state index in [1.54, 1.807) is 6.92 Å². The highest BCUT2D eigenvalue weighted by Gasteiger charge is 2.22. The highest BCUT2D eigenvalue weighted by atomic mass is 19.1. The van der Waals surface area contributed by atoms with Crippen LogP contribution in [-0.2, 0) is 5.41 Å². The van der Waals surface area contributed by atoms with E-state index >= 15 is 0 Å². The SMILES string of the molecule is COc1c(C)cc(C(C)(C)CO)cc1F. The number of aryl methyl sites for hydroxylation is 1. The van der Waals surface area contributed by atoms with E-state index < -0.39 is 5.41 Å². The molecule has 1 N–H and O–H groups in total. The van der Waals surface area contributed by atoms with Crippen molar-refractivity contribution in [1.29, 1.82) is 0 Å². The molecule has 1 aromatic carbocycles. The summed E-state index contributed by atoms with van der Waals surface area (Å²) in [7, 11) is 1.45. The van der Waals surface area contributed by atoms with E-state index in [0.29, 0.717) is 0 Å². The Balaban J connectivity index is 3.26. The van der Waals surface area contributed by atoms with Crippen molar-refractivity contribution in [3.63, 3.8) is 0 Å². The lowest BCUT2D eigenvalue weighted by Crippen LogP contribution is -2.22. The first-order valence-electron chi connectivity index (χ1n) is 4.88. The molecule has 0 aliphatic carbocycles. The molecule has 1 aromatic rings. The Bertz CT molecular complexity index is 336. The highest BCUT2D eigenvalue weighted by molar-refractivity contribution is 5.40. The first kappa shape index (κ1) is 12.0. The topological polar surface area (TPSA) is 29.5 Å². The van der Waals surface area contributed by atoms with Crippen LogP contribution in [0.25, 0.3) is 0 Å². The third-order valence-corrected chi connectivity index (χ3v) is 2.61. The normalized spacial score (nSPS) is 11.6. The highest BCUT2D eigenvalue weighted by Crippen LogP contribution is 2.30. The maximum atomic E-state index is 13.6. The molecule has 0 amide bonds. The minimum Gasteiger partial charge on any atom is -0.493 e. The summed E-state index contributed by atoms with van der Waals surface area (Å²) in [5.74, 6) is -0.110. The molecule has 0 atom stereocenters. The Morgan fingerprint density at radius 2 is 2.00 bits per heavy atom. The molecule has 0 aromatic heterocycles. The van der Waals surface area contributed by atoms with E-state index in [9.17, 15) is 9.50 Å². The van der Waals surface area contributed by atoms with Gasteiger partial charge in [-0.1, -0.05) is 19.9 Å². The van der Waals surface area contributed by atoms with Crippen LogP contribution in [0.3, 0.4) is 0 Å². The Morgan fingerprint density at radius 1 is 1.40 bits per heavy atom. The van der Waals surface area contributed by atoms with Crippen molar-refractivity contribution in [2.24, 2.45) is 0 Å². The molecule has 84 valence electrons. The third kappa shape index (κ3) is 2.29. The van der Waals surface area contributed by atoms with Gasteiger partial charge < -0.3 is 9.84 Å². The molecule has 0 fully saturated rings. The molecule has 3 heteroatoms. The van der Waals surface area contributed by atoms with Gasteiger partial charge >= 0.3 is 0 Å². The number of methoxy groups -OCH3 is 1. The Labute approximate surface area is 89.7 Å². The van der Waals surface area contributed by atoms with Gasteiger partial charge in [-0.2, -0.15) is 0 Å². The lowest BCUT2D eigenvalue weighted by atomic mass is 9.84. The van der Waals surface area contributed by atoms with E-state index in [1.165, 1.54) is 13.2 Å². The average Bonchev–Trinajstić information content (AvgIpc) is 2.17. The maximum Gasteiger partial charge on any atom is 0.165 e. The molecule has 0 spiro atoms. The molecule has 0 bridgehead atoms. The van der Waals surface area contributed by atoms with E-state index in [-0.39, 0.29) is 18.2 Å². The summed E-state index contributed by atoms with van der Waals surface area (Å²) in [4.78, 5) is 0. The smallest absolute Gasteiger partial charge is 0.165 e. The van der Waals surface area contributed by atoms with Crippen LogP contribution in [0.4, 0.5) is 4.39 Å². The summed E-state index contributed by atoms with van der Waals surface area (Å²) in [6.45, 7) is 5.51. The average molecular weight is 212 g/mol. The van der Waals surface area contributed by atoms with Crippen LogP contribution in [0, 0.1) is 12.7 Å². The molecule has 0 radical (unpaired) electrons. The lowest BCUT2D eigenvalue weighted by molar-refractivity contribution is 0.218. The number of rotatable bonds is 3. The van der Waals surface area contributed by atoms with Crippen molar-refractivity contribution in [3.05, 3.63) is 29.1 Å². The number of aliphatic hydroxyl groups is 1. The van der Waals surface area contributed by atoms with E-state index in [4.69, 9.17) is 4.74 Å². The number of halogens is 1. The number of ether oxygens (including phenoxy) is 1. The first-order chi connectivity index (χ1) is 6.92. The molecular weight excluding hydrogens is 195 g/mol.